The number of nitrogens with zero attached hydrogens (tertiary/aromatic N) is 3. The molecule has 3 rings (SSSR count). The molecule has 0 spiro atoms. The highest BCUT2D eigenvalue weighted by molar-refractivity contribution is 5.95. The second-order valence-corrected chi connectivity index (χ2v) is 7.04. The van der Waals surface area contributed by atoms with Crippen molar-refractivity contribution in [1.82, 2.24) is 9.80 Å². The lowest BCUT2D eigenvalue weighted by molar-refractivity contribution is -0.134. The summed E-state index contributed by atoms with van der Waals surface area (Å²) in [6.45, 7) is 1.69. The molecule has 0 saturated carbocycles. The SMILES string of the molecule is COc1cc(OC)cc(C(=O)N2CCN(C(=O)COc3ccc(CC#N)cc3)CC2)c1. The van der Waals surface area contributed by atoms with E-state index in [1.54, 1.807) is 52.3 Å². The number of nitriles is 1. The molecule has 0 atom stereocenters. The molecule has 0 aliphatic carbocycles. The number of rotatable bonds is 7. The van der Waals surface area contributed by atoms with Crippen LogP contribution in [-0.2, 0) is 11.2 Å². The molecule has 0 N–H and O–H groups in total. The third kappa shape index (κ3) is 5.66. The van der Waals surface area contributed by atoms with Gasteiger partial charge in [-0.05, 0) is 29.8 Å². The zero-order valence-electron chi connectivity index (χ0n) is 17.7. The Kier molecular flexibility index (Phi) is 7.33. The van der Waals surface area contributed by atoms with Crippen molar-refractivity contribution in [1.29, 1.82) is 5.26 Å². The van der Waals surface area contributed by atoms with Crippen molar-refractivity contribution in [2.24, 2.45) is 0 Å². The van der Waals surface area contributed by atoms with E-state index in [1.807, 2.05) is 0 Å². The minimum absolute atomic E-state index is 0.0708. The number of carbonyl (C=O) groups is 2. The average Bonchev–Trinajstić information content (AvgIpc) is 2.82. The first-order valence-electron chi connectivity index (χ1n) is 9.93. The molecule has 0 unspecified atom stereocenters. The molecule has 8 nitrogen and oxygen atoms in total. The second kappa shape index (κ2) is 10.3. The molecule has 2 amide bonds. The molecule has 31 heavy (non-hydrogen) atoms. The molecule has 2 aromatic rings. The van der Waals surface area contributed by atoms with Crippen molar-refractivity contribution in [3.05, 3.63) is 53.6 Å². The summed E-state index contributed by atoms with van der Waals surface area (Å²) < 4.78 is 16.0. The smallest absolute Gasteiger partial charge is 0.260 e. The number of hydrogen-bond acceptors (Lipinski definition) is 6. The molecule has 2 aromatic carbocycles. The summed E-state index contributed by atoms with van der Waals surface area (Å²) >= 11 is 0. The van der Waals surface area contributed by atoms with E-state index < -0.39 is 0 Å². The fourth-order valence-electron chi connectivity index (χ4n) is 3.30. The van der Waals surface area contributed by atoms with E-state index in [1.165, 1.54) is 14.2 Å². The second-order valence-electron chi connectivity index (χ2n) is 7.04. The summed E-state index contributed by atoms with van der Waals surface area (Å²) in [6.07, 6.45) is 0.338. The maximum atomic E-state index is 12.9. The highest BCUT2D eigenvalue weighted by Gasteiger charge is 2.25. The zero-order chi connectivity index (χ0) is 22.2. The van der Waals surface area contributed by atoms with Crippen molar-refractivity contribution in [2.75, 3.05) is 47.0 Å². The molecule has 0 radical (unpaired) electrons. The molecule has 8 heteroatoms. The van der Waals surface area contributed by atoms with Crippen LogP contribution >= 0.6 is 0 Å². The first kappa shape index (κ1) is 22.0. The van der Waals surface area contributed by atoms with Crippen LogP contribution in [0, 0.1) is 11.3 Å². The number of benzene rings is 2. The third-order valence-corrected chi connectivity index (χ3v) is 5.09. The number of carbonyl (C=O) groups excluding carboxylic acids is 2. The molecule has 1 aliphatic heterocycles. The van der Waals surface area contributed by atoms with Gasteiger partial charge in [0, 0.05) is 37.8 Å². The Hall–Kier alpha value is -3.73. The van der Waals surface area contributed by atoms with Gasteiger partial charge in [-0.15, -0.1) is 0 Å². The maximum absolute atomic E-state index is 12.9. The van der Waals surface area contributed by atoms with E-state index in [-0.39, 0.29) is 18.4 Å². The predicted octanol–water partition coefficient (Wildman–Crippen LogP) is 2.13. The lowest BCUT2D eigenvalue weighted by atomic mass is 10.1. The number of methoxy groups -OCH3 is 2. The largest absolute Gasteiger partial charge is 0.497 e. The molecular formula is C23H25N3O5. The van der Waals surface area contributed by atoms with E-state index in [4.69, 9.17) is 19.5 Å². The number of ether oxygens (including phenoxy) is 3. The molecule has 0 bridgehead atoms. The summed E-state index contributed by atoms with van der Waals surface area (Å²) in [6, 6.07) is 14.3. The molecule has 1 aliphatic rings. The molecule has 1 heterocycles. The topological polar surface area (TPSA) is 92.1 Å². The molecule has 0 aromatic heterocycles. The van der Waals surface area contributed by atoms with Gasteiger partial charge in [-0.25, -0.2) is 0 Å². The van der Waals surface area contributed by atoms with Gasteiger partial charge in [-0.2, -0.15) is 5.26 Å². The van der Waals surface area contributed by atoms with E-state index in [2.05, 4.69) is 6.07 Å². The highest BCUT2D eigenvalue weighted by Crippen LogP contribution is 2.24. The Morgan fingerprint density at radius 3 is 2.03 bits per heavy atom. The average molecular weight is 423 g/mol. The summed E-state index contributed by atoms with van der Waals surface area (Å²) in [5.41, 5.74) is 1.38. The monoisotopic (exact) mass is 423 g/mol. The number of piperazine rings is 1. The van der Waals surface area contributed by atoms with Crippen molar-refractivity contribution in [3.63, 3.8) is 0 Å². The van der Waals surface area contributed by atoms with Crippen LogP contribution in [0.3, 0.4) is 0 Å². The van der Waals surface area contributed by atoms with E-state index in [0.717, 1.165) is 5.56 Å². The van der Waals surface area contributed by atoms with Crippen LogP contribution in [0.4, 0.5) is 0 Å². The standard InChI is InChI=1S/C23H25N3O5/c1-29-20-13-18(14-21(15-20)30-2)23(28)26-11-9-25(10-12-26)22(27)16-31-19-5-3-17(4-6-19)7-8-24/h3-6,13-15H,7,9-12,16H2,1-2H3. The zero-order valence-corrected chi connectivity index (χ0v) is 17.7. The summed E-state index contributed by atoms with van der Waals surface area (Å²) in [4.78, 5) is 28.7. The highest BCUT2D eigenvalue weighted by atomic mass is 16.5. The van der Waals surface area contributed by atoms with Crippen molar-refractivity contribution in [3.8, 4) is 23.3 Å². The summed E-state index contributed by atoms with van der Waals surface area (Å²) in [5.74, 6) is 1.42. The van der Waals surface area contributed by atoms with Gasteiger partial charge in [0.2, 0.25) is 0 Å². The van der Waals surface area contributed by atoms with Crippen LogP contribution in [0.25, 0.3) is 0 Å². The Morgan fingerprint density at radius 2 is 1.48 bits per heavy atom. The normalized spacial score (nSPS) is 13.3. The van der Waals surface area contributed by atoms with Crippen LogP contribution in [0.1, 0.15) is 15.9 Å². The van der Waals surface area contributed by atoms with Crippen LogP contribution < -0.4 is 14.2 Å². The fourth-order valence-corrected chi connectivity index (χ4v) is 3.30. The maximum Gasteiger partial charge on any atom is 0.260 e. The lowest BCUT2D eigenvalue weighted by Gasteiger charge is -2.34. The van der Waals surface area contributed by atoms with Crippen LogP contribution in [0.15, 0.2) is 42.5 Å². The summed E-state index contributed by atoms with van der Waals surface area (Å²) in [7, 11) is 3.08. The van der Waals surface area contributed by atoms with E-state index >= 15 is 0 Å². The van der Waals surface area contributed by atoms with Gasteiger partial charge >= 0.3 is 0 Å². The quantitative estimate of drug-likeness (QED) is 0.678. The van der Waals surface area contributed by atoms with E-state index in [0.29, 0.717) is 55.4 Å². The van der Waals surface area contributed by atoms with Crippen LogP contribution in [0.5, 0.6) is 17.2 Å². The Morgan fingerprint density at radius 1 is 0.903 bits per heavy atom. The van der Waals surface area contributed by atoms with Crippen LogP contribution in [-0.4, -0.2) is 68.6 Å². The number of amides is 2. The first-order valence-corrected chi connectivity index (χ1v) is 9.93. The van der Waals surface area contributed by atoms with Gasteiger partial charge in [0.15, 0.2) is 6.61 Å². The van der Waals surface area contributed by atoms with Gasteiger partial charge in [0.25, 0.3) is 11.8 Å². The predicted molar refractivity (Wildman–Crippen MR) is 113 cm³/mol. The van der Waals surface area contributed by atoms with E-state index in [9.17, 15) is 9.59 Å². The summed E-state index contributed by atoms with van der Waals surface area (Å²) in [5, 5.41) is 8.71. The number of hydrogen-bond donors (Lipinski definition) is 0. The molecule has 162 valence electrons. The van der Waals surface area contributed by atoms with Gasteiger partial charge in [-0.3, -0.25) is 9.59 Å². The minimum atomic E-state index is -0.128. The Balaban J connectivity index is 1.51. The van der Waals surface area contributed by atoms with Gasteiger partial charge in [0.05, 0.1) is 26.7 Å². The van der Waals surface area contributed by atoms with Crippen molar-refractivity contribution in [2.45, 2.75) is 6.42 Å². The van der Waals surface area contributed by atoms with Crippen molar-refractivity contribution >= 4 is 11.8 Å². The lowest BCUT2D eigenvalue weighted by Crippen LogP contribution is -2.51. The molecular weight excluding hydrogens is 398 g/mol. The first-order chi connectivity index (χ1) is 15.0. The fraction of sp³-hybridized carbons (Fsp3) is 0.348. The van der Waals surface area contributed by atoms with Gasteiger partial charge in [0.1, 0.15) is 17.2 Å². The minimum Gasteiger partial charge on any atom is -0.497 e. The third-order valence-electron chi connectivity index (χ3n) is 5.09. The Bertz CT molecular complexity index is 938. The van der Waals surface area contributed by atoms with Crippen molar-refractivity contribution < 1.29 is 23.8 Å². The Labute approximate surface area is 181 Å². The van der Waals surface area contributed by atoms with Crippen LogP contribution in [0.2, 0.25) is 0 Å². The van der Waals surface area contributed by atoms with Gasteiger partial charge < -0.3 is 24.0 Å². The molecule has 1 saturated heterocycles. The van der Waals surface area contributed by atoms with Gasteiger partial charge in [-0.1, -0.05) is 12.1 Å². The molecule has 1 fully saturated rings.